The highest BCUT2D eigenvalue weighted by atomic mass is 19.1. The minimum Gasteiger partial charge on any atom is -0.475 e. The number of ether oxygens (including phenoxy) is 2. The van der Waals surface area contributed by atoms with Gasteiger partial charge in [-0.2, -0.15) is 9.97 Å². The zero-order chi connectivity index (χ0) is 23.5. The highest BCUT2D eigenvalue weighted by Gasteiger charge is 2.50. The molecule has 2 aromatic rings. The van der Waals surface area contributed by atoms with Crippen LogP contribution in [0.2, 0.25) is 0 Å². The number of aromatic nitrogens is 3. The molecular weight excluding hydrogens is 442 g/mol. The number of rotatable bonds is 6. The maximum atomic E-state index is 15.0. The van der Waals surface area contributed by atoms with Gasteiger partial charge in [0.05, 0.1) is 17.3 Å². The molecule has 184 valence electrons. The van der Waals surface area contributed by atoms with Crippen molar-refractivity contribution in [1.29, 1.82) is 0 Å². The van der Waals surface area contributed by atoms with Crippen LogP contribution in [0.1, 0.15) is 45.4 Å². The largest absolute Gasteiger partial charge is 0.475 e. The second-order valence-corrected chi connectivity index (χ2v) is 10.5. The van der Waals surface area contributed by atoms with Crippen LogP contribution >= 0.6 is 0 Å². The second-order valence-electron chi connectivity index (χ2n) is 10.5. The fourth-order valence-corrected chi connectivity index (χ4v) is 6.57. The molecule has 34 heavy (non-hydrogen) atoms. The summed E-state index contributed by atoms with van der Waals surface area (Å²) in [5, 5.41) is 3.75. The number of alkyl halides is 1. The number of pyridine rings is 1. The molecule has 1 spiro atoms. The number of nitrogens with one attached hydrogen (secondary N) is 1. The molecule has 0 radical (unpaired) electrons. The van der Waals surface area contributed by atoms with Gasteiger partial charge in [0.15, 0.2) is 5.82 Å². The third-order valence-electron chi connectivity index (χ3n) is 8.28. The lowest BCUT2D eigenvalue weighted by Crippen LogP contribution is -2.62. The Morgan fingerprint density at radius 3 is 2.91 bits per heavy atom. The SMILES string of the molecule is CNCC(C)N1c2nc(OC[C@@]34CCCN3C[C@H](F)C4)nc3c(F)cnc(c23)OCC12CCC2. The number of hydrogen-bond donors (Lipinski definition) is 1. The Morgan fingerprint density at radius 2 is 2.15 bits per heavy atom. The fourth-order valence-electron chi connectivity index (χ4n) is 6.57. The van der Waals surface area contributed by atoms with Crippen LogP contribution in [0.3, 0.4) is 0 Å². The lowest BCUT2D eigenvalue weighted by Gasteiger charge is -2.52. The molecule has 3 aliphatic heterocycles. The Kier molecular flexibility index (Phi) is 5.29. The molecule has 1 saturated carbocycles. The summed E-state index contributed by atoms with van der Waals surface area (Å²) < 4.78 is 41.6. The summed E-state index contributed by atoms with van der Waals surface area (Å²) in [5.74, 6) is 0.435. The zero-order valence-electron chi connectivity index (χ0n) is 19.8. The van der Waals surface area contributed by atoms with Crippen LogP contribution in [-0.4, -0.2) is 83.0 Å². The maximum Gasteiger partial charge on any atom is 0.319 e. The highest BCUT2D eigenvalue weighted by Crippen LogP contribution is 2.48. The van der Waals surface area contributed by atoms with Crippen LogP contribution in [0.25, 0.3) is 10.9 Å². The molecule has 6 rings (SSSR count). The molecule has 10 heteroatoms. The molecule has 0 amide bonds. The van der Waals surface area contributed by atoms with Crippen molar-refractivity contribution in [3.63, 3.8) is 0 Å². The van der Waals surface area contributed by atoms with E-state index in [9.17, 15) is 4.39 Å². The average molecular weight is 475 g/mol. The number of nitrogens with zero attached hydrogens (tertiary/aromatic N) is 5. The first kappa shape index (κ1) is 22.2. The van der Waals surface area contributed by atoms with E-state index in [1.54, 1.807) is 0 Å². The van der Waals surface area contributed by atoms with Gasteiger partial charge in [-0.3, -0.25) is 4.90 Å². The first-order valence-corrected chi connectivity index (χ1v) is 12.4. The summed E-state index contributed by atoms with van der Waals surface area (Å²) in [6, 6.07) is 0.209. The number of hydrogen-bond acceptors (Lipinski definition) is 8. The Hall–Kier alpha value is -2.33. The quantitative estimate of drug-likeness (QED) is 0.685. The highest BCUT2D eigenvalue weighted by molar-refractivity contribution is 5.95. The van der Waals surface area contributed by atoms with Crippen molar-refractivity contribution >= 4 is 16.7 Å². The van der Waals surface area contributed by atoms with Crippen molar-refractivity contribution in [2.24, 2.45) is 0 Å². The summed E-state index contributed by atoms with van der Waals surface area (Å²) in [6.45, 7) is 4.97. The smallest absolute Gasteiger partial charge is 0.319 e. The molecule has 1 N–H and O–H groups in total. The fraction of sp³-hybridized carbons (Fsp3) is 0.708. The number of likely N-dealkylation sites (N-methyl/N-ethyl adjacent to an activating group) is 1. The van der Waals surface area contributed by atoms with E-state index in [-0.39, 0.29) is 28.6 Å². The molecule has 3 fully saturated rings. The van der Waals surface area contributed by atoms with Crippen molar-refractivity contribution in [3.05, 3.63) is 12.0 Å². The molecule has 8 nitrogen and oxygen atoms in total. The monoisotopic (exact) mass is 474 g/mol. The first-order chi connectivity index (χ1) is 16.4. The van der Waals surface area contributed by atoms with E-state index in [2.05, 4.69) is 32.0 Å². The van der Waals surface area contributed by atoms with Crippen LogP contribution in [0, 0.1) is 5.82 Å². The molecular formula is C24H32F2N6O2. The van der Waals surface area contributed by atoms with Crippen LogP contribution in [0.4, 0.5) is 14.6 Å². The van der Waals surface area contributed by atoms with Gasteiger partial charge in [-0.25, -0.2) is 13.8 Å². The molecule has 1 unspecified atom stereocenters. The Labute approximate surface area is 198 Å². The average Bonchev–Trinajstić information content (AvgIpc) is 3.25. The van der Waals surface area contributed by atoms with Gasteiger partial charge in [-0.15, -0.1) is 0 Å². The van der Waals surface area contributed by atoms with Gasteiger partial charge >= 0.3 is 6.01 Å². The van der Waals surface area contributed by atoms with Gasteiger partial charge < -0.3 is 19.7 Å². The van der Waals surface area contributed by atoms with Gasteiger partial charge in [0, 0.05) is 25.6 Å². The predicted molar refractivity (Wildman–Crippen MR) is 124 cm³/mol. The summed E-state index contributed by atoms with van der Waals surface area (Å²) in [5.41, 5.74) is -0.399. The van der Waals surface area contributed by atoms with E-state index in [1.165, 1.54) is 0 Å². The second kappa shape index (κ2) is 8.12. The lowest BCUT2D eigenvalue weighted by molar-refractivity contribution is 0.107. The molecule has 2 aromatic heterocycles. The van der Waals surface area contributed by atoms with Crippen molar-refractivity contribution in [3.8, 4) is 11.9 Å². The van der Waals surface area contributed by atoms with Gasteiger partial charge in [-0.1, -0.05) is 0 Å². The molecule has 0 bridgehead atoms. The first-order valence-electron chi connectivity index (χ1n) is 12.4. The molecule has 3 atom stereocenters. The number of anilines is 1. The van der Waals surface area contributed by atoms with Gasteiger partial charge in [-0.05, 0) is 52.6 Å². The van der Waals surface area contributed by atoms with E-state index in [0.29, 0.717) is 43.3 Å². The molecule has 0 aromatic carbocycles. The van der Waals surface area contributed by atoms with Crippen LogP contribution < -0.4 is 19.7 Å². The zero-order valence-corrected chi connectivity index (χ0v) is 19.8. The third-order valence-corrected chi connectivity index (χ3v) is 8.28. The minimum atomic E-state index is -0.842. The Bertz CT molecular complexity index is 1100. The van der Waals surface area contributed by atoms with E-state index in [1.807, 2.05) is 7.05 Å². The van der Waals surface area contributed by atoms with E-state index in [0.717, 1.165) is 51.4 Å². The van der Waals surface area contributed by atoms with Crippen molar-refractivity contribution < 1.29 is 18.3 Å². The van der Waals surface area contributed by atoms with Crippen molar-refractivity contribution in [2.45, 2.75) is 68.7 Å². The number of fused-ring (bicyclic) bond motifs is 1. The topological polar surface area (TPSA) is 75.6 Å². The number of halogens is 2. The Morgan fingerprint density at radius 1 is 1.29 bits per heavy atom. The van der Waals surface area contributed by atoms with Crippen LogP contribution in [0.15, 0.2) is 6.20 Å². The molecule has 1 aliphatic carbocycles. The predicted octanol–water partition coefficient (Wildman–Crippen LogP) is 2.85. The summed E-state index contributed by atoms with van der Waals surface area (Å²) in [4.78, 5) is 18.0. The lowest BCUT2D eigenvalue weighted by atomic mass is 9.75. The van der Waals surface area contributed by atoms with E-state index >= 15 is 4.39 Å². The Balaban J connectivity index is 1.43. The maximum absolute atomic E-state index is 15.0. The minimum absolute atomic E-state index is 0.0834. The summed E-state index contributed by atoms with van der Waals surface area (Å²) in [6.07, 6.45) is 5.72. The standard InChI is InChI=1S/C24H32F2N6O2/c1-15(10-27-2)32-20-18-19(17(26)11-28-21(18)33-13-23(32)5-3-6-23)29-22(30-20)34-14-24-7-4-8-31(24)12-16(25)9-24/h11,15-16,27H,3-10,12-14H2,1-2H3/t15?,16-,24+/m1/s1. The normalized spacial score (nSPS) is 28.5. The van der Waals surface area contributed by atoms with E-state index < -0.39 is 12.0 Å². The molecule has 4 aliphatic rings. The van der Waals surface area contributed by atoms with Crippen molar-refractivity contribution in [2.75, 3.05) is 44.8 Å². The van der Waals surface area contributed by atoms with Crippen molar-refractivity contribution in [1.82, 2.24) is 25.2 Å². The molecule has 5 heterocycles. The van der Waals surface area contributed by atoms with Gasteiger partial charge in [0.2, 0.25) is 5.88 Å². The van der Waals surface area contributed by atoms with Gasteiger partial charge in [0.1, 0.15) is 36.1 Å². The summed E-state index contributed by atoms with van der Waals surface area (Å²) >= 11 is 0. The van der Waals surface area contributed by atoms with Crippen LogP contribution in [-0.2, 0) is 0 Å². The third kappa shape index (κ3) is 3.32. The summed E-state index contributed by atoms with van der Waals surface area (Å²) in [7, 11) is 1.92. The van der Waals surface area contributed by atoms with Crippen LogP contribution in [0.5, 0.6) is 11.9 Å². The molecule has 2 saturated heterocycles. The van der Waals surface area contributed by atoms with E-state index in [4.69, 9.17) is 14.5 Å². The van der Waals surface area contributed by atoms with Gasteiger partial charge in [0.25, 0.3) is 0 Å².